The quantitative estimate of drug-likeness (QED) is 0.540. The lowest BCUT2D eigenvalue weighted by Gasteiger charge is -2.30. The van der Waals surface area contributed by atoms with Crippen LogP contribution >= 0.6 is 15.9 Å². The van der Waals surface area contributed by atoms with E-state index in [0.717, 1.165) is 0 Å². The molecule has 8 heteroatoms. The Morgan fingerprint density at radius 3 is 2.22 bits per heavy atom. The predicted octanol–water partition coefficient (Wildman–Crippen LogP) is 5.41. The van der Waals surface area contributed by atoms with Gasteiger partial charge in [0.15, 0.2) is 5.78 Å². The van der Waals surface area contributed by atoms with Crippen LogP contribution in [0.4, 0.5) is 17.6 Å². The van der Waals surface area contributed by atoms with Crippen molar-refractivity contribution in [3.05, 3.63) is 34.3 Å². The molecule has 0 amide bonds. The van der Waals surface area contributed by atoms with Gasteiger partial charge in [-0.25, -0.2) is 4.39 Å². The average molecular weight is 449 g/mol. The number of carbonyl (C=O) groups is 1. The van der Waals surface area contributed by atoms with Crippen molar-refractivity contribution in [1.82, 2.24) is 5.32 Å². The summed E-state index contributed by atoms with van der Waals surface area (Å²) in [6, 6.07) is 4.15. The van der Waals surface area contributed by atoms with Crippen LogP contribution in [0.3, 0.4) is 0 Å². The van der Waals surface area contributed by atoms with E-state index in [9.17, 15) is 22.4 Å². The maximum Gasteiger partial charge on any atom is 0.407 e. The van der Waals surface area contributed by atoms with Crippen molar-refractivity contribution in [2.45, 2.75) is 63.5 Å². The van der Waals surface area contributed by atoms with Crippen molar-refractivity contribution < 1.29 is 22.4 Å². The second-order valence-corrected chi connectivity index (χ2v) is 8.62. The molecule has 1 fully saturated rings. The van der Waals surface area contributed by atoms with Crippen LogP contribution < -0.4 is 5.32 Å². The minimum Gasteiger partial charge on any atom is -0.298 e. The lowest BCUT2D eigenvalue weighted by molar-refractivity contribution is -0.161. The highest BCUT2D eigenvalue weighted by Gasteiger charge is 2.48. The SMILES string of the molecule is CC(C)(F)C[C@H](N[C@@H](c1ccc(Br)cc1)C(F)(F)F)C(=O)CC1(C#N)CC1. The number of nitriles is 1. The second-order valence-electron chi connectivity index (χ2n) is 7.70. The molecule has 3 nitrogen and oxygen atoms in total. The molecule has 1 aromatic rings. The van der Waals surface area contributed by atoms with Crippen LogP contribution in [-0.2, 0) is 4.79 Å². The predicted molar refractivity (Wildman–Crippen MR) is 96.6 cm³/mol. The summed E-state index contributed by atoms with van der Waals surface area (Å²) in [7, 11) is 0. The summed E-state index contributed by atoms with van der Waals surface area (Å²) in [6.45, 7) is 2.43. The van der Waals surface area contributed by atoms with Gasteiger partial charge in [0.05, 0.1) is 17.5 Å². The number of hydrogen-bond donors (Lipinski definition) is 1. The molecular weight excluding hydrogens is 428 g/mol. The number of benzene rings is 1. The Balaban J connectivity index is 2.28. The van der Waals surface area contributed by atoms with E-state index < -0.39 is 41.5 Å². The molecule has 0 saturated heterocycles. The number of carbonyl (C=O) groups excluding carboxylic acids is 1. The van der Waals surface area contributed by atoms with Crippen molar-refractivity contribution in [1.29, 1.82) is 5.26 Å². The molecule has 1 aliphatic carbocycles. The number of rotatable bonds is 8. The Morgan fingerprint density at radius 2 is 1.81 bits per heavy atom. The number of alkyl halides is 4. The van der Waals surface area contributed by atoms with E-state index in [4.69, 9.17) is 5.26 Å². The summed E-state index contributed by atoms with van der Waals surface area (Å²) in [6.07, 6.45) is -4.16. The van der Waals surface area contributed by atoms with Crippen LogP contribution in [0.1, 0.15) is 51.1 Å². The molecule has 0 aliphatic heterocycles. The Morgan fingerprint density at radius 1 is 1.26 bits per heavy atom. The number of nitrogens with one attached hydrogen (secondary N) is 1. The topological polar surface area (TPSA) is 52.9 Å². The van der Waals surface area contributed by atoms with Crippen LogP contribution in [0.2, 0.25) is 0 Å². The highest BCUT2D eigenvalue weighted by Crippen LogP contribution is 2.48. The molecule has 0 heterocycles. The Labute approximate surface area is 164 Å². The first-order valence-electron chi connectivity index (χ1n) is 8.56. The first-order valence-corrected chi connectivity index (χ1v) is 9.36. The zero-order valence-electron chi connectivity index (χ0n) is 15.0. The highest BCUT2D eigenvalue weighted by atomic mass is 79.9. The summed E-state index contributed by atoms with van der Waals surface area (Å²) < 4.78 is 55.8. The van der Waals surface area contributed by atoms with Crippen LogP contribution in [0.25, 0.3) is 0 Å². The van der Waals surface area contributed by atoms with Crippen molar-refractivity contribution in [2.75, 3.05) is 0 Å². The van der Waals surface area contributed by atoms with Gasteiger partial charge >= 0.3 is 6.18 Å². The third-order valence-corrected chi connectivity index (χ3v) is 5.11. The minimum atomic E-state index is -4.67. The number of halogens is 5. The van der Waals surface area contributed by atoms with Crippen LogP contribution in [0.5, 0.6) is 0 Å². The van der Waals surface area contributed by atoms with Gasteiger partial charge in [-0.2, -0.15) is 18.4 Å². The molecule has 27 heavy (non-hydrogen) atoms. The van der Waals surface area contributed by atoms with E-state index in [1.807, 2.05) is 0 Å². The van der Waals surface area contributed by atoms with Crippen LogP contribution in [0.15, 0.2) is 28.7 Å². The van der Waals surface area contributed by atoms with Crippen molar-refractivity contribution in [3.8, 4) is 6.07 Å². The number of nitrogens with zero attached hydrogens (tertiary/aromatic N) is 1. The molecule has 1 aromatic carbocycles. The highest BCUT2D eigenvalue weighted by molar-refractivity contribution is 9.10. The van der Waals surface area contributed by atoms with Gasteiger partial charge in [0.1, 0.15) is 11.7 Å². The molecule has 1 aliphatic rings. The maximum atomic E-state index is 14.2. The molecule has 0 radical (unpaired) electrons. The molecule has 0 unspecified atom stereocenters. The lowest BCUT2D eigenvalue weighted by Crippen LogP contribution is -2.47. The Hall–Kier alpha value is -1.46. The van der Waals surface area contributed by atoms with Gasteiger partial charge in [-0.3, -0.25) is 10.1 Å². The van der Waals surface area contributed by atoms with Crippen molar-refractivity contribution >= 4 is 21.7 Å². The lowest BCUT2D eigenvalue weighted by atomic mass is 9.90. The molecule has 0 aromatic heterocycles. The first-order chi connectivity index (χ1) is 12.4. The molecule has 2 rings (SSSR count). The van der Waals surface area contributed by atoms with E-state index in [2.05, 4.69) is 27.3 Å². The van der Waals surface area contributed by atoms with E-state index in [-0.39, 0.29) is 12.0 Å². The van der Waals surface area contributed by atoms with Crippen LogP contribution in [0, 0.1) is 16.7 Å². The van der Waals surface area contributed by atoms with E-state index >= 15 is 0 Å². The van der Waals surface area contributed by atoms with E-state index in [0.29, 0.717) is 17.3 Å². The summed E-state index contributed by atoms with van der Waals surface area (Å²) in [5.74, 6) is -0.564. The fourth-order valence-electron chi connectivity index (χ4n) is 2.92. The van der Waals surface area contributed by atoms with Crippen molar-refractivity contribution in [2.24, 2.45) is 5.41 Å². The van der Waals surface area contributed by atoms with Gasteiger partial charge in [0.25, 0.3) is 0 Å². The minimum absolute atomic E-state index is 0.0680. The van der Waals surface area contributed by atoms with Gasteiger partial charge in [-0.15, -0.1) is 0 Å². The van der Waals surface area contributed by atoms with E-state index in [1.54, 1.807) is 0 Å². The fourth-order valence-corrected chi connectivity index (χ4v) is 3.19. The average Bonchev–Trinajstić information content (AvgIpc) is 3.30. The molecule has 1 N–H and O–H groups in total. The second kappa shape index (κ2) is 7.88. The molecule has 1 saturated carbocycles. The smallest absolute Gasteiger partial charge is 0.298 e. The number of Topliss-reactive ketones (excluding diaryl/α,β-unsaturated/α-hetero) is 1. The largest absolute Gasteiger partial charge is 0.407 e. The fraction of sp³-hybridized carbons (Fsp3) is 0.579. The van der Waals surface area contributed by atoms with Crippen LogP contribution in [-0.4, -0.2) is 23.7 Å². The van der Waals surface area contributed by atoms with Gasteiger partial charge in [0.2, 0.25) is 0 Å². The summed E-state index contributed by atoms with van der Waals surface area (Å²) in [5, 5.41) is 11.5. The molecule has 0 spiro atoms. The molecule has 2 atom stereocenters. The Kier molecular flexibility index (Phi) is 6.37. The van der Waals surface area contributed by atoms with E-state index in [1.165, 1.54) is 38.1 Å². The monoisotopic (exact) mass is 448 g/mol. The van der Waals surface area contributed by atoms with Crippen molar-refractivity contribution in [3.63, 3.8) is 0 Å². The van der Waals surface area contributed by atoms with Gasteiger partial charge < -0.3 is 0 Å². The summed E-state index contributed by atoms with van der Waals surface area (Å²) >= 11 is 3.17. The van der Waals surface area contributed by atoms with Gasteiger partial charge in [-0.05, 0) is 44.4 Å². The zero-order chi connectivity index (χ0) is 20.5. The first kappa shape index (κ1) is 21.8. The van der Waals surface area contributed by atoms with Gasteiger partial charge in [-0.1, -0.05) is 28.1 Å². The number of ketones is 1. The molecule has 148 valence electrons. The van der Waals surface area contributed by atoms with Gasteiger partial charge in [0, 0.05) is 17.3 Å². The summed E-state index contributed by atoms with van der Waals surface area (Å²) in [5.41, 5.74) is -2.71. The molecular formula is C19H21BrF4N2O. The third kappa shape index (κ3) is 6.28. The molecule has 0 bridgehead atoms. The third-order valence-electron chi connectivity index (χ3n) is 4.58. The zero-order valence-corrected chi connectivity index (χ0v) is 16.6. The Bertz CT molecular complexity index is 715. The number of hydrogen-bond acceptors (Lipinski definition) is 3. The maximum absolute atomic E-state index is 14.2. The summed E-state index contributed by atoms with van der Waals surface area (Å²) in [4.78, 5) is 12.6. The normalized spacial score (nSPS) is 18.4. The standard InChI is InChI=1S/C19H21BrF4N2O/c1-17(2,21)9-14(15(27)10-18(11-25)7-8-18)26-16(19(22,23)24)12-3-5-13(20)6-4-12/h3-6,14,16,26H,7-10H2,1-2H3/t14-,16-/m0/s1.